The summed E-state index contributed by atoms with van der Waals surface area (Å²) in [6, 6.07) is 0. The lowest BCUT2D eigenvalue weighted by molar-refractivity contribution is -0.122. The molecule has 1 amide bonds. The number of carbonyl (C=O) groups is 1. The average Bonchev–Trinajstić information content (AvgIpc) is 2.18. The molecule has 0 aromatic heterocycles. The second-order valence-corrected chi connectivity index (χ2v) is 4.16. The summed E-state index contributed by atoms with van der Waals surface area (Å²) in [6.07, 6.45) is 2.94. The number of aliphatic hydroxyl groups is 1. The van der Waals surface area contributed by atoms with E-state index >= 15 is 0 Å². The SMILES string of the molecule is CCCOCCC(=O)NCC1CC(O)C1. The van der Waals surface area contributed by atoms with Crippen molar-refractivity contribution in [2.45, 2.75) is 38.7 Å². The maximum atomic E-state index is 11.3. The number of aliphatic hydroxyl groups excluding tert-OH is 1. The topological polar surface area (TPSA) is 58.6 Å². The molecule has 0 bridgehead atoms. The van der Waals surface area contributed by atoms with E-state index in [4.69, 9.17) is 9.84 Å². The second kappa shape index (κ2) is 6.80. The number of carbonyl (C=O) groups excluding carboxylic acids is 1. The van der Waals surface area contributed by atoms with Gasteiger partial charge in [0.05, 0.1) is 12.7 Å². The molecule has 0 unspecified atom stereocenters. The first-order chi connectivity index (χ1) is 7.22. The quantitative estimate of drug-likeness (QED) is 0.614. The van der Waals surface area contributed by atoms with Gasteiger partial charge in [-0.05, 0) is 25.2 Å². The summed E-state index contributed by atoms with van der Waals surface area (Å²) >= 11 is 0. The highest BCUT2D eigenvalue weighted by atomic mass is 16.5. The van der Waals surface area contributed by atoms with Gasteiger partial charge in [-0.2, -0.15) is 0 Å². The van der Waals surface area contributed by atoms with E-state index in [0.29, 0.717) is 25.5 Å². The molecule has 0 atom stereocenters. The van der Waals surface area contributed by atoms with Gasteiger partial charge < -0.3 is 15.2 Å². The lowest BCUT2D eigenvalue weighted by Crippen LogP contribution is -2.38. The Morgan fingerprint density at radius 1 is 1.47 bits per heavy atom. The highest BCUT2D eigenvalue weighted by molar-refractivity contribution is 5.75. The van der Waals surface area contributed by atoms with Crippen LogP contribution < -0.4 is 5.32 Å². The van der Waals surface area contributed by atoms with Gasteiger partial charge in [0.1, 0.15) is 0 Å². The van der Waals surface area contributed by atoms with Crippen LogP contribution in [0.4, 0.5) is 0 Å². The van der Waals surface area contributed by atoms with Crippen LogP contribution in [0.3, 0.4) is 0 Å². The molecule has 0 spiro atoms. The molecule has 4 heteroatoms. The Morgan fingerprint density at radius 3 is 2.80 bits per heavy atom. The molecule has 0 aromatic carbocycles. The number of hydrogen-bond donors (Lipinski definition) is 2. The maximum Gasteiger partial charge on any atom is 0.222 e. The van der Waals surface area contributed by atoms with Gasteiger partial charge >= 0.3 is 0 Å². The Labute approximate surface area is 91.0 Å². The van der Waals surface area contributed by atoms with E-state index in [2.05, 4.69) is 5.32 Å². The molecule has 1 aliphatic carbocycles. The highest BCUT2D eigenvalue weighted by Gasteiger charge is 2.26. The molecule has 0 aromatic rings. The molecule has 1 rings (SSSR count). The summed E-state index contributed by atoms with van der Waals surface area (Å²) < 4.78 is 5.22. The zero-order valence-corrected chi connectivity index (χ0v) is 9.37. The summed E-state index contributed by atoms with van der Waals surface area (Å²) in [7, 11) is 0. The second-order valence-electron chi connectivity index (χ2n) is 4.16. The first-order valence-electron chi connectivity index (χ1n) is 5.75. The van der Waals surface area contributed by atoms with Crippen LogP contribution in [-0.4, -0.2) is 36.9 Å². The Morgan fingerprint density at radius 2 is 2.20 bits per heavy atom. The summed E-state index contributed by atoms with van der Waals surface area (Å²) in [5.74, 6) is 0.521. The third-order valence-electron chi connectivity index (χ3n) is 2.62. The molecule has 15 heavy (non-hydrogen) atoms. The van der Waals surface area contributed by atoms with Gasteiger partial charge in [-0.3, -0.25) is 4.79 Å². The van der Waals surface area contributed by atoms with E-state index in [1.54, 1.807) is 0 Å². The van der Waals surface area contributed by atoms with Crippen molar-refractivity contribution in [1.82, 2.24) is 5.32 Å². The highest BCUT2D eigenvalue weighted by Crippen LogP contribution is 2.25. The van der Waals surface area contributed by atoms with Crippen molar-refractivity contribution >= 4 is 5.91 Å². The zero-order chi connectivity index (χ0) is 11.1. The van der Waals surface area contributed by atoms with Gasteiger partial charge in [0, 0.05) is 19.6 Å². The number of ether oxygens (including phenoxy) is 1. The van der Waals surface area contributed by atoms with E-state index in [9.17, 15) is 4.79 Å². The molecule has 4 nitrogen and oxygen atoms in total. The molecule has 1 saturated carbocycles. The molecular weight excluding hydrogens is 194 g/mol. The van der Waals surface area contributed by atoms with Crippen molar-refractivity contribution in [2.75, 3.05) is 19.8 Å². The van der Waals surface area contributed by atoms with E-state index in [-0.39, 0.29) is 12.0 Å². The maximum absolute atomic E-state index is 11.3. The van der Waals surface area contributed by atoms with Crippen LogP contribution in [0.5, 0.6) is 0 Å². The van der Waals surface area contributed by atoms with Crippen LogP contribution in [0.1, 0.15) is 32.6 Å². The standard InChI is InChI=1S/C11H21NO3/c1-2-4-15-5-3-11(14)12-8-9-6-10(13)7-9/h9-10,13H,2-8H2,1H3,(H,12,14). The van der Waals surface area contributed by atoms with Gasteiger partial charge in [0.25, 0.3) is 0 Å². The number of nitrogens with one attached hydrogen (secondary N) is 1. The Bertz CT molecular complexity index is 190. The third-order valence-corrected chi connectivity index (χ3v) is 2.62. The minimum Gasteiger partial charge on any atom is -0.393 e. The molecule has 2 N–H and O–H groups in total. The molecule has 0 saturated heterocycles. The fourth-order valence-electron chi connectivity index (χ4n) is 1.63. The molecule has 0 heterocycles. The van der Waals surface area contributed by atoms with Gasteiger partial charge in [0.2, 0.25) is 5.91 Å². The monoisotopic (exact) mass is 215 g/mol. The smallest absolute Gasteiger partial charge is 0.222 e. The number of amides is 1. The molecular formula is C11H21NO3. The van der Waals surface area contributed by atoms with Crippen molar-refractivity contribution in [3.8, 4) is 0 Å². The molecule has 0 radical (unpaired) electrons. The van der Waals surface area contributed by atoms with Crippen molar-refractivity contribution in [1.29, 1.82) is 0 Å². The summed E-state index contributed by atoms with van der Waals surface area (Å²) in [4.78, 5) is 11.3. The van der Waals surface area contributed by atoms with Crippen LogP contribution >= 0.6 is 0 Å². The van der Waals surface area contributed by atoms with Crippen LogP contribution in [0.15, 0.2) is 0 Å². The van der Waals surface area contributed by atoms with Crippen molar-refractivity contribution < 1.29 is 14.6 Å². The van der Waals surface area contributed by atoms with Gasteiger partial charge in [0.15, 0.2) is 0 Å². The van der Waals surface area contributed by atoms with Crippen LogP contribution in [0, 0.1) is 5.92 Å². The zero-order valence-electron chi connectivity index (χ0n) is 9.37. The largest absolute Gasteiger partial charge is 0.393 e. The van der Waals surface area contributed by atoms with Crippen molar-refractivity contribution in [3.05, 3.63) is 0 Å². The van der Waals surface area contributed by atoms with E-state index < -0.39 is 0 Å². The minimum atomic E-state index is -0.139. The fraction of sp³-hybridized carbons (Fsp3) is 0.909. The summed E-state index contributed by atoms with van der Waals surface area (Å²) in [5.41, 5.74) is 0. The normalized spacial score (nSPS) is 24.7. The fourth-order valence-corrected chi connectivity index (χ4v) is 1.63. The Hall–Kier alpha value is -0.610. The third kappa shape index (κ3) is 5.14. The van der Waals surface area contributed by atoms with Crippen LogP contribution in [-0.2, 0) is 9.53 Å². The van der Waals surface area contributed by atoms with E-state index in [0.717, 1.165) is 25.9 Å². The molecule has 1 aliphatic rings. The van der Waals surface area contributed by atoms with Crippen molar-refractivity contribution in [3.63, 3.8) is 0 Å². The van der Waals surface area contributed by atoms with Crippen molar-refractivity contribution in [2.24, 2.45) is 5.92 Å². The Balaban J connectivity index is 1.90. The molecule has 88 valence electrons. The van der Waals surface area contributed by atoms with Crippen LogP contribution in [0.25, 0.3) is 0 Å². The Kier molecular flexibility index (Phi) is 5.65. The first-order valence-corrected chi connectivity index (χ1v) is 5.75. The van der Waals surface area contributed by atoms with Gasteiger partial charge in [-0.15, -0.1) is 0 Å². The lowest BCUT2D eigenvalue weighted by Gasteiger charge is -2.31. The molecule has 0 aliphatic heterocycles. The predicted octanol–water partition coefficient (Wildman–Crippen LogP) is 0.690. The first kappa shape index (κ1) is 12.5. The van der Waals surface area contributed by atoms with E-state index in [1.165, 1.54) is 0 Å². The minimum absolute atomic E-state index is 0.0486. The summed E-state index contributed by atoms with van der Waals surface area (Å²) in [6.45, 7) is 3.97. The number of rotatable bonds is 7. The van der Waals surface area contributed by atoms with Crippen LogP contribution in [0.2, 0.25) is 0 Å². The van der Waals surface area contributed by atoms with E-state index in [1.807, 2.05) is 6.92 Å². The lowest BCUT2D eigenvalue weighted by atomic mass is 9.82. The average molecular weight is 215 g/mol. The summed E-state index contributed by atoms with van der Waals surface area (Å²) in [5, 5.41) is 11.9. The van der Waals surface area contributed by atoms with Gasteiger partial charge in [-0.1, -0.05) is 6.92 Å². The number of hydrogen-bond acceptors (Lipinski definition) is 3. The predicted molar refractivity (Wildman–Crippen MR) is 57.5 cm³/mol. The molecule has 1 fully saturated rings. The van der Waals surface area contributed by atoms with Gasteiger partial charge in [-0.25, -0.2) is 0 Å².